The summed E-state index contributed by atoms with van der Waals surface area (Å²) in [6, 6.07) is 4.89. The quantitative estimate of drug-likeness (QED) is 0.822. The van der Waals surface area contributed by atoms with Crippen molar-refractivity contribution in [3.63, 3.8) is 0 Å². The molecule has 0 amide bonds. The normalized spacial score (nSPS) is 22.5. The Bertz CT molecular complexity index is 459. The second-order valence-corrected chi connectivity index (χ2v) is 4.79. The van der Waals surface area contributed by atoms with Crippen LogP contribution >= 0.6 is 0 Å². The SMILES string of the molecule is CCC1OCCC1C(=O)Cc1cccc(OC)c1F. The maximum atomic E-state index is 14.0. The third-order valence-corrected chi connectivity index (χ3v) is 3.65. The summed E-state index contributed by atoms with van der Waals surface area (Å²) in [5.74, 6) is -0.308. The molecule has 0 N–H and O–H groups in total. The molecular formula is C15H19FO3. The Morgan fingerprint density at radius 1 is 1.53 bits per heavy atom. The molecule has 0 radical (unpaired) electrons. The number of ether oxygens (including phenoxy) is 2. The molecule has 4 heteroatoms. The molecule has 1 saturated heterocycles. The Hall–Kier alpha value is -1.42. The highest BCUT2D eigenvalue weighted by Crippen LogP contribution is 2.27. The van der Waals surface area contributed by atoms with Gasteiger partial charge in [0.05, 0.1) is 13.2 Å². The predicted molar refractivity (Wildman–Crippen MR) is 69.8 cm³/mol. The molecule has 104 valence electrons. The molecule has 2 atom stereocenters. The van der Waals surface area contributed by atoms with Crippen LogP contribution in [0.4, 0.5) is 4.39 Å². The number of Topliss-reactive ketones (excluding diaryl/α,β-unsaturated/α-hetero) is 1. The Morgan fingerprint density at radius 3 is 3.00 bits per heavy atom. The molecule has 0 spiro atoms. The van der Waals surface area contributed by atoms with Gasteiger partial charge in [0.25, 0.3) is 0 Å². The molecule has 1 heterocycles. The number of carbonyl (C=O) groups is 1. The lowest BCUT2D eigenvalue weighted by molar-refractivity contribution is -0.123. The second kappa shape index (κ2) is 6.15. The molecule has 2 unspecified atom stereocenters. The number of ketones is 1. The maximum absolute atomic E-state index is 14.0. The fourth-order valence-corrected chi connectivity index (χ4v) is 2.59. The Kier molecular flexibility index (Phi) is 4.53. The molecule has 0 aromatic heterocycles. The lowest BCUT2D eigenvalue weighted by Crippen LogP contribution is -2.25. The van der Waals surface area contributed by atoms with Crippen LogP contribution in [0.1, 0.15) is 25.3 Å². The van der Waals surface area contributed by atoms with Gasteiger partial charge in [-0.1, -0.05) is 19.1 Å². The first-order valence-corrected chi connectivity index (χ1v) is 6.63. The topological polar surface area (TPSA) is 35.5 Å². The number of hydrogen-bond donors (Lipinski definition) is 0. The summed E-state index contributed by atoms with van der Waals surface area (Å²) in [5, 5.41) is 0. The molecule has 19 heavy (non-hydrogen) atoms. The van der Waals surface area contributed by atoms with Crippen molar-refractivity contribution < 1.29 is 18.7 Å². The molecule has 1 aliphatic rings. The first kappa shape index (κ1) is 14.0. The van der Waals surface area contributed by atoms with Crippen molar-refractivity contribution in [3.05, 3.63) is 29.6 Å². The van der Waals surface area contributed by atoms with E-state index < -0.39 is 5.82 Å². The van der Waals surface area contributed by atoms with Gasteiger partial charge < -0.3 is 9.47 Å². The van der Waals surface area contributed by atoms with Gasteiger partial charge in [-0.15, -0.1) is 0 Å². The van der Waals surface area contributed by atoms with Gasteiger partial charge in [-0.2, -0.15) is 0 Å². The highest BCUT2D eigenvalue weighted by atomic mass is 19.1. The zero-order chi connectivity index (χ0) is 13.8. The molecule has 0 saturated carbocycles. The van der Waals surface area contributed by atoms with E-state index in [0.29, 0.717) is 12.2 Å². The zero-order valence-electron chi connectivity index (χ0n) is 11.3. The molecule has 0 aliphatic carbocycles. The zero-order valence-corrected chi connectivity index (χ0v) is 11.3. The van der Waals surface area contributed by atoms with E-state index in [1.807, 2.05) is 6.92 Å². The van der Waals surface area contributed by atoms with Crippen LogP contribution < -0.4 is 4.74 Å². The van der Waals surface area contributed by atoms with Crippen molar-refractivity contribution in [3.8, 4) is 5.75 Å². The average molecular weight is 266 g/mol. The Labute approximate surface area is 112 Å². The van der Waals surface area contributed by atoms with E-state index in [2.05, 4.69) is 0 Å². The van der Waals surface area contributed by atoms with Crippen LogP contribution in [0.5, 0.6) is 5.75 Å². The lowest BCUT2D eigenvalue weighted by Gasteiger charge is -2.16. The van der Waals surface area contributed by atoms with Gasteiger partial charge in [-0.25, -0.2) is 4.39 Å². The smallest absolute Gasteiger partial charge is 0.168 e. The lowest BCUT2D eigenvalue weighted by atomic mass is 9.91. The van der Waals surface area contributed by atoms with E-state index in [0.717, 1.165) is 12.8 Å². The van der Waals surface area contributed by atoms with Gasteiger partial charge in [-0.3, -0.25) is 4.79 Å². The second-order valence-electron chi connectivity index (χ2n) is 4.79. The first-order valence-electron chi connectivity index (χ1n) is 6.63. The summed E-state index contributed by atoms with van der Waals surface area (Å²) >= 11 is 0. The van der Waals surface area contributed by atoms with Crippen molar-refractivity contribution in [2.75, 3.05) is 13.7 Å². The molecule has 1 aliphatic heterocycles. The van der Waals surface area contributed by atoms with Crippen LogP contribution in [0.25, 0.3) is 0 Å². The number of carbonyl (C=O) groups excluding carboxylic acids is 1. The number of benzene rings is 1. The van der Waals surface area contributed by atoms with Gasteiger partial charge in [0, 0.05) is 18.9 Å². The summed E-state index contributed by atoms with van der Waals surface area (Å²) in [6.45, 7) is 2.62. The fourth-order valence-electron chi connectivity index (χ4n) is 2.59. The van der Waals surface area contributed by atoms with Crippen LogP contribution in [0, 0.1) is 11.7 Å². The van der Waals surface area contributed by atoms with E-state index in [-0.39, 0.29) is 30.0 Å². The molecule has 1 aromatic rings. The Balaban J connectivity index is 2.11. The standard InChI is InChI=1S/C15H19FO3/c1-3-13-11(7-8-19-13)12(17)9-10-5-4-6-14(18-2)15(10)16/h4-6,11,13H,3,7-9H2,1-2H3. The number of methoxy groups -OCH3 is 1. The average Bonchev–Trinajstić information content (AvgIpc) is 2.89. The summed E-state index contributed by atoms with van der Waals surface area (Å²) in [5.41, 5.74) is 0.395. The summed E-state index contributed by atoms with van der Waals surface area (Å²) in [4.78, 5) is 12.2. The third kappa shape index (κ3) is 2.95. The summed E-state index contributed by atoms with van der Waals surface area (Å²) in [6.07, 6.45) is 1.65. The number of halogens is 1. The van der Waals surface area contributed by atoms with Gasteiger partial charge in [-0.05, 0) is 24.5 Å². The largest absolute Gasteiger partial charge is 0.494 e. The van der Waals surface area contributed by atoms with Crippen molar-refractivity contribution in [1.29, 1.82) is 0 Å². The molecule has 3 nitrogen and oxygen atoms in total. The molecular weight excluding hydrogens is 247 g/mol. The van der Waals surface area contributed by atoms with E-state index in [9.17, 15) is 9.18 Å². The van der Waals surface area contributed by atoms with Crippen LogP contribution in [-0.2, 0) is 16.0 Å². The number of hydrogen-bond acceptors (Lipinski definition) is 3. The van der Waals surface area contributed by atoms with Crippen LogP contribution in [0.3, 0.4) is 0 Å². The first-order chi connectivity index (χ1) is 9.17. The van der Waals surface area contributed by atoms with E-state index in [1.165, 1.54) is 7.11 Å². The minimum atomic E-state index is -0.440. The van der Waals surface area contributed by atoms with Gasteiger partial charge >= 0.3 is 0 Å². The van der Waals surface area contributed by atoms with Crippen LogP contribution in [0.2, 0.25) is 0 Å². The van der Waals surface area contributed by atoms with E-state index in [4.69, 9.17) is 9.47 Å². The predicted octanol–water partition coefficient (Wildman–Crippen LogP) is 2.76. The summed E-state index contributed by atoms with van der Waals surface area (Å²) < 4.78 is 24.4. The van der Waals surface area contributed by atoms with Gasteiger partial charge in [0.15, 0.2) is 11.6 Å². The minimum Gasteiger partial charge on any atom is -0.494 e. The molecule has 0 bridgehead atoms. The maximum Gasteiger partial charge on any atom is 0.168 e. The molecule has 2 rings (SSSR count). The van der Waals surface area contributed by atoms with Crippen molar-refractivity contribution in [2.45, 2.75) is 32.3 Å². The molecule has 1 fully saturated rings. The fraction of sp³-hybridized carbons (Fsp3) is 0.533. The monoisotopic (exact) mass is 266 g/mol. The molecule has 1 aromatic carbocycles. The van der Waals surface area contributed by atoms with E-state index >= 15 is 0 Å². The van der Waals surface area contributed by atoms with Gasteiger partial charge in [0.2, 0.25) is 0 Å². The van der Waals surface area contributed by atoms with Crippen molar-refractivity contribution in [1.82, 2.24) is 0 Å². The van der Waals surface area contributed by atoms with Gasteiger partial charge in [0.1, 0.15) is 5.78 Å². The highest BCUT2D eigenvalue weighted by molar-refractivity contribution is 5.84. The third-order valence-electron chi connectivity index (χ3n) is 3.65. The van der Waals surface area contributed by atoms with E-state index in [1.54, 1.807) is 18.2 Å². The highest BCUT2D eigenvalue weighted by Gasteiger charge is 2.32. The van der Waals surface area contributed by atoms with Crippen molar-refractivity contribution >= 4 is 5.78 Å². The summed E-state index contributed by atoms with van der Waals surface area (Å²) in [7, 11) is 1.42. The minimum absolute atomic E-state index is 0.0128. The Morgan fingerprint density at radius 2 is 2.32 bits per heavy atom. The number of rotatable bonds is 5. The van der Waals surface area contributed by atoms with Crippen LogP contribution in [0.15, 0.2) is 18.2 Å². The van der Waals surface area contributed by atoms with Crippen molar-refractivity contribution in [2.24, 2.45) is 5.92 Å². The van der Waals surface area contributed by atoms with Crippen LogP contribution in [-0.4, -0.2) is 25.6 Å².